The number of rotatable bonds is 5. The second kappa shape index (κ2) is 5.98. The van der Waals surface area contributed by atoms with Gasteiger partial charge in [0.2, 0.25) is 0 Å². The number of nitrogens with zero attached hydrogens (tertiary/aromatic N) is 1. The van der Waals surface area contributed by atoms with E-state index in [0.29, 0.717) is 5.56 Å². The van der Waals surface area contributed by atoms with Crippen molar-refractivity contribution in [2.75, 3.05) is 13.6 Å². The molecule has 0 aromatic heterocycles. The van der Waals surface area contributed by atoms with Crippen LogP contribution in [-0.2, 0) is 4.79 Å². The van der Waals surface area contributed by atoms with Crippen molar-refractivity contribution in [3.05, 3.63) is 35.6 Å². The number of halogens is 2. The Labute approximate surface area is 105 Å². The zero-order chi connectivity index (χ0) is 13.0. The van der Waals surface area contributed by atoms with Crippen molar-refractivity contribution in [1.82, 2.24) is 4.90 Å². The van der Waals surface area contributed by atoms with Gasteiger partial charge in [0.1, 0.15) is 11.2 Å². The average Bonchev–Trinajstić information content (AvgIpc) is 2.28. The van der Waals surface area contributed by atoms with Crippen LogP contribution < -0.4 is 0 Å². The van der Waals surface area contributed by atoms with Gasteiger partial charge in [-0.3, -0.25) is 9.69 Å². The summed E-state index contributed by atoms with van der Waals surface area (Å²) in [4.78, 5) is 12.3. The van der Waals surface area contributed by atoms with Gasteiger partial charge in [-0.15, -0.1) is 11.6 Å². The second-order valence-corrected chi connectivity index (χ2v) is 4.47. The Balaban J connectivity index is 2.73. The van der Waals surface area contributed by atoms with E-state index in [-0.39, 0.29) is 18.4 Å². The molecule has 1 N–H and O–H groups in total. The van der Waals surface area contributed by atoms with Gasteiger partial charge in [-0.05, 0) is 20.0 Å². The quantitative estimate of drug-likeness (QED) is 0.826. The minimum absolute atomic E-state index is 0.159. The first-order valence-electron chi connectivity index (χ1n) is 5.25. The summed E-state index contributed by atoms with van der Waals surface area (Å²) in [6.45, 7) is 1.97. The van der Waals surface area contributed by atoms with E-state index in [9.17, 15) is 9.18 Å². The van der Waals surface area contributed by atoms with Crippen LogP contribution in [-0.4, -0.2) is 34.9 Å². The van der Waals surface area contributed by atoms with Gasteiger partial charge in [-0.2, -0.15) is 0 Å². The molecule has 0 aliphatic rings. The van der Waals surface area contributed by atoms with E-state index in [2.05, 4.69) is 0 Å². The smallest absolute Gasteiger partial charge is 0.322 e. The number of hydrogen-bond acceptors (Lipinski definition) is 2. The number of carboxylic acid groups (broad SMARTS) is 1. The highest BCUT2D eigenvalue weighted by atomic mass is 35.5. The van der Waals surface area contributed by atoms with Gasteiger partial charge >= 0.3 is 5.97 Å². The predicted octanol–water partition coefficient (Wildman–Crippen LogP) is 2.51. The van der Waals surface area contributed by atoms with Gasteiger partial charge in [0.05, 0.1) is 0 Å². The normalized spacial score (nSPS) is 14.6. The van der Waals surface area contributed by atoms with Crippen LogP contribution in [0.15, 0.2) is 24.3 Å². The molecule has 0 aliphatic carbocycles. The van der Waals surface area contributed by atoms with Crippen LogP contribution in [0.3, 0.4) is 0 Å². The SMILES string of the molecule is CC(c1ccccc1F)N(C)CC(Cl)C(=O)O. The maximum atomic E-state index is 13.5. The van der Waals surface area contributed by atoms with Crippen LogP contribution in [0.4, 0.5) is 4.39 Å². The van der Waals surface area contributed by atoms with Crippen molar-refractivity contribution in [3.63, 3.8) is 0 Å². The van der Waals surface area contributed by atoms with Crippen molar-refractivity contribution in [2.45, 2.75) is 18.3 Å². The van der Waals surface area contributed by atoms with Gasteiger partial charge in [0.25, 0.3) is 0 Å². The molecule has 1 aromatic rings. The number of carbonyl (C=O) groups is 1. The highest BCUT2D eigenvalue weighted by Crippen LogP contribution is 2.22. The lowest BCUT2D eigenvalue weighted by Gasteiger charge is -2.26. The molecule has 17 heavy (non-hydrogen) atoms. The third-order valence-corrected chi connectivity index (χ3v) is 3.06. The molecular weight excluding hydrogens is 245 g/mol. The summed E-state index contributed by atoms with van der Waals surface area (Å²) >= 11 is 5.65. The summed E-state index contributed by atoms with van der Waals surface area (Å²) in [6, 6.07) is 6.21. The molecule has 0 saturated carbocycles. The molecule has 0 heterocycles. The molecule has 0 spiro atoms. The number of alkyl halides is 1. The van der Waals surface area contributed by atoms with E-state index in [1.165, 1.54) is 6.07 Å². The van der Waals surface area contributed by atoms with Gasteiger partial charge in [0.15, 0.2) is 0 Å². The van der Waals surface area contributed by atoms with Crippen LogP contribution in [0.2, 0.25) is 0 Å². The van der Waals surface area contributed by atoms with Crippen LogP contribution in [0.5, 0.6) is 0 Å². The Morgan fingerprint density at radius 2 is 2.12 bits per heavy atom. The highest BCUT2D eigenvalue weighted by Gasteiger charge is 2.21. The molecule has 3 nitrogen and oxygen atoms in total. The van der Waals surface area contributed by atoms with Crippen LogP contribution >= 0.6 is 11.6 Å². The fraction of sp³-hybridized carbons (Fsp3) is 0.417. The number of benzene rings is 1. The molecule has 2 atom stereocenters. The first kappa shape index (κ1) is 13.9. The molecule has 0 aliphatic heterocycles. The second-order valence-electron chi connectivity index (χ2n) is 3.94. The van der Waals surface area contributed by atoms with Crippen LogP contribution in [0.1, 0.15) is 18.5 Å². The molecule has 2 unspecified atom stereocenters. The minimum atomic E-state index is -1.07. The highest BCUT2D eigenvalue weighted by molar-refractivity contribution is 6.29. The lowest BCUT2D eigenvalue weighted by molar-refractivity contribution is -0.137. The summed E-state index contributed by atoms with van der Waals surface area (Å²) in [6.07, 6.45) is 0. The van der Waals surface area contributed by atoms with Gasteiger partial charge < -0.3 is 5.11 Å². The molecular formula is C12H15ClFNO2. The first-order valence-corrected chi connectivity index (χ1v) is 5.68. The number of aliphatic carboxylic acids is 1. The fourth-order valence-electron chi connectivity index (χ4n) is 1.54. The van der Waals surface area contributed by atoms with Gasteiger partial charge in [-0.1, -0.05) is 18.2 Å². The molecule has 1 rings (SSSR count). The van der Waals surface area contributed by atoms with E-state index in [0.717, 1.165) is 0 Å². The van der Waals surface area contributed by atoms with Crippen molar-refractivity contribution < 1.29 is 14.3 Å². The molecule has 5 heteroatoms. The molecule has 94 valence electrons. The summed E-state index contributed by atoms with van der Waals surface area (Å²) in [5.74, 6) is -1.37. The van der Waals surface area contributed by atoms with E-state index < -0.39 is 11.3 Å². The summed E-state index contributed by atoms with van der Waals surface area (Å²) < 4.78 is 13.5. The monoisotopic (exact) mass is 259 g/mol. The lowest BCUT2D eigenvalue weighted by Crippen LogP contribution is -2.33. The van der Waals surface area contributed by atoms with Crippen LogP contribution in [0.25, 0.3) is 0 Å². The zero-order valence-electron chi connectivity index (χ0n) is 9.73. The third kappa shape index (κ3) is 3.68. The topological polar surface area (TPSA) is 40.5 Å². The fourth-order valence-corrected chi connectivity index (χ4v) is 1.76. The summed E-state index contributed by atoms with van der Waals surface area (Å²) in [5, 5.41) is 7.71. The van der Waals surface area contributed by atoms with E-state index >= 15 is 0 Å². The third-order valence-electron chi connectivity index (χ3n) is 2.73. The van der Waals surface area contributed by atoms with E-state index in [4.69, 9.17) is 16.7 Å². The Bertz CT molecular complexity index is 400. The van der Waals surface area contributed by atoms with Crippen molar-refractivity contribution >= 4 is 17.6 Å². The minimum Gasteiger partial charge on any atom is -0.480 e. The Hall–Kier alpha value is -1.13. The van der Waals surface area contributed by atoms with Crippen LogP contribution in [0, 0.1) is 5.82 Å². The van der Waals surface area contributed by atoms with Crippen molar-refractivity contribution in [3.8, 4) is 0 Å². The molecule has 1 aromatic carbocycles. The molecule has 0 bridgehead atoms. The largest absolute Gasteiger partial charge is 0.480 e. The zero-order valence-corrected chi connectivity index (χ0v) is 10.5. The molecule has 0 radical (unpaired) electrons. The standard InChI is InChI=1S/C12H15ClFNO2/c1-8(9-5-3-4-6-11(9)14)15(2)7-10(13)12(16)17/h3-6,8,10H,7H2,1-2H3,(H,16,17). The summed E-state index contributed by atoms with van der Waals surface area (Å²) in [5.41, 5.74) is 0.532. The average molecular weight is 260 g/mol. The molecule has 0 saturated heterocycles. The summed E-state index contributed by atoms with van der Waals surface area (Å²) in [7, 11) is 1.72. The maximum absolute atomic E-state index is 13.5. The van der Waals surface area contributed by atoms with Crippen molar-refractivity contribution in [2.24, 2.45) is 0 Å². The van der Waals surface area contributed by atoms with E-state index in [1.54, 1.807) is 30.1 Å². The number of hydrogen-bond donors (Lipinski definition) is 1. The first-order chi connectivity index (χ1) is 7.93. The number of carboxylic acids is 1. The van der Waals surface area contributed by atoms with Crippen molar-refractivity contribution in [1.29, 1.82) is 0 Å². The predicted molar refractivity (Wildman–Crippen MR) is 64.7 cm³/mol. The Morgan fingerprint density at radius 3 is 2.65 bits per heavy atom. The van der Waals surface area contributed by atoms with E-state index in [1.807, 2.05) is 6.92 Å². The van der Waals surface area contributed by atoms with Gasteiger partial charge in [-0.25, -0.2) is 4.39 Å². The lowest BCUT2D eigenvalue weighted by atomic mass is 10.1. The maximum Gasteiger partial charge on any atom is 0.322 e. The molecule has 0 fully saturated rings. The Kier molecular flexibility index (Phi) is 4.90. The Morgan fingerprint density at radius 1 is 1.53 bits per heavy atom. The molecule has 0 amide bonds. The van der Waals surface area contributed by atoms with Gasteiger partial charge in [0, 0.05) is 18.2 Å².